The summed E-state index contributed by atoms with van der Waals surface area (Å²) in [6.07, 6.45) is 3.48. The molecule has 5 nitrogen and oxygen atoms in total. The Morgan fingerprint density at radius 3 is 2.47 bits per heavy atom. The molecule has 2 fully saturated rings. The Kier molecular flexibility index (Phi) is 2.32. The smallest absolute Gasteiger partial charge is 0.317 e. The quantitative estimate of drug-likeness (QED) is 0.719. The van der Waals surface area contributed by atoms with Gasteiger partial charge in [-0.2, -0.15) is 0 Å². The highest BCUT2D eigenvalue weighted by Crippen LogP contribution is 2.45. The van der Waals surface area contributed by atoms with E-state index < -0.39 is 11.4 Å². The van der Waals surface area contributed by atoms with Gasteiger partial charge >= 0.3 is 12.0 Å². The summed E-state index contributed by atoms with van der Waals surface area (Å²) in [7, 11) is 1.76. The van der Waals surface area contributed by atoms with Gasteiger partial charge in [0.05, 0.1) is 5.41 Å². The summed E-state index contributed by atoms with van der Waals surface area (Å²) in [5.41, 5.74) is -0.667. The van der Waals surface area contributed by atoms with Crippen molar-refractivity contribution in [3.05, 3.63) is 0 Å². The first kappa shape index (κ1) is 10.3. The van der Waals surface area contributed by atoms with Gasteiger partial charge in [0.25, 0.3) is 0 Å². The first-order chi connectivity index (χ1) is 7.05. The molecule has 2 aliphatic carbocycles. The van der Waals surface area contributed by atoms with E-state index in [1.807, 2.05) is 0 Å². The molecular formula is C10H16N2O3. The Morgan fingerprint density at radius 1 is 1.47 bits per heavy atom. The Hall–Kier alpha value is -1.26. The maximum atomic E-state index is 11.5. The first-order valence-corrected chi connectivity index (χ1v) is 5.29. The fraction of sp³-hybridized carbons (Fsp3) is 0.800. The lowest BCUT2D eigenvalue weighted by molar-refractivity contribution is -0.143. The summed E-state index contributed by atoms with van der Waals surface area (Å²) < 4.78 is 0. The Bertz CT molecular complexity index is 295. The third kappa shape index (κ3) is 2.06. The zero-order chi connectivity index (χ0) is 11.1. The second-order valence-corrected chi connectivity index (χ2v) is 4.59. The standard InChI is InChI=1S/C10H16N2O3/c1-12(7-2-3-7)9(15)11-6-10(4-5-10)8(13)14/h7H,2-6H2,1H3,(H,11,15)(H,13,14). The number of nitrogens with one attached hydrogen (secondary N) is 1. The fourth-order valence-corrected chi connectivity index (χ4v) is 1.61. The largest absolute Gasteiger partial charge is 0.481 e. The Morgan fingerprint density at radius 2 is 2.07 bits per heavy atom. The molecule has 0 unspecified atom stereocenters. The number of carboxylic acid groups (broad SMARTS) is 1. The number of hydrogen-bond donors (Lipinski definition) is 2. The zero-order valence-electron chi connectivity index (χ0n) is 8.82. The van der Waals surface area contributed by atoms with E-state index in [0.717, 1.165) is 12.8 Å². The molecule has 0 spiro atoms. The number of nitrogens with zero attached hydrogens (tertiary/aromatic N) is 1. The minimum Gasteiger partial charge on any atom is -0.481 e. The lowest BCUT2D eigenvalue weighted by Crippen LogP contribution is -2.42. The second-order valence-electron chi connectivity index (χ2n) is 4.59. The van der Waals surface area contributed by atoms with Crippen molar-refractivity contribution >= 4 is 12.0 Å². The van der Waals surface area contributed by atoms with Crippen LogP contribution in [0.15, 0.2) is 0 Å². The van der Waals surface area contributed by atoms with Gasteiger partial charge in [-0.05, 0) is 25.7 Å². The van der Waals surface area contributed by atoms with E-state index in [2.05, 4.69) is 5.32 Å². The monoisotopic (exact) mass is 212 g/mol. The van der Waals surface area contributed by atoms with Crippen molar-refractivity contribution in [3.8, 4) is 0 Å². The van der Waals surface area contributed by atoms with Crippen molar-refractivity contribution in [2.24, 2.45) is 5.41 Å². The van der Waals surface area contributed by atoms with Crippen molar-refractivity contribution in [1.29, 1.82) is 0 Å². The van der Waals surface area contributed by atoms with E-state index in [4.69, 9.17) is 5.11 Å². The van der Waals surface area contributed by atoms with Crippen LogP contribution in [0.2, 0.25) is 0 Å². The number of aliphatic carboxylic acids is 1. The van der Waals surface area contributed by atoms with Crippen LogP contribution in [0.3, 0.4) is 0 Å². The summed E-state index contributed by atoms with van der Waals surface area (Å²) in [6.45, 7) is 0.262. The molecule has 0 heterocycles. The van der Waals surface area contributed by atoms with Gasteiger partial charge in [-0.15, -0.1) is 0 Å². The van der Waals surface area contributed by atoms with Crippen LogP contribution in [-0.4, -0.2) is 41.6 Å². The van der Waals surface area contributed by atoms with E-state index in [-0.39, 0.29) is 12.6 Å². The molecule has 0 saturated heterocycles. The number of carbonyl (C=O) groups is 2. The molecule has 15 heavy (non-hydrogen) atoms. The number of carbonyl (C=O) groups excluding carboxylic acids is 1. The van der Waals surface area contributed by atoms with Crippen molar-refractivity contribution in [3.63, 3.8) is 0 Å². The van der Waals surface area contributed by atoms with Gasteiger partial charge in [-0.3, -0.25) is 4.79 Å². The average molecular weight is 212 g/mol. The molecule has 0 aromatic heterocycles. The maximum absolute atomic E-state index is 11.5. The molecule has 84 valence electrons. The summed E-state index contributed by atoms with van der Waals surface area (Å²) in [5.74, 6) is -0.795. The van der Waals surface area contributed by atoms with Gasteiger partial charge in [-0.25, -0.2) is 4.79 Å². The molecule has 2 saturated carbocycles. The van der Waals surface area contributed by atoms with Crippen LogP contribution >= 0.6 is 0 Å². The molecule has 2 rings (SSSR count). The van der Waals surface area contributed by atoms with Gasteiger partial charge in [0.15, 0.2) is 0 Å². The van der Waals surface area contributed by atoms with Crippen LogP contribution in [0.25, 0.3) is 0 Å². The lowest BCUT2D eigenvalue weighted by atomic mass is 10.1. The van der Waals surface area contributed by atoms with Crippen molar-refractivity contribution in [1.82, 2.24) is 10.2 Å². The average Bonchev–Trinajstić information content (AvgIpc) is 3.02. The molecule has 2 aliphatic rings. The summed E-state index contributed by atoms with van der Waals surface area (Å²) in [4.78, 5) is 24.1. The van der Waals surface area contributed by atoms with Crippen molar-refractivity contribution in [2.75, 3.05) is 13.6 Å². The number of rotatable bonds is 4. The zero-order valence-corrected chi connectivity index (χ0v) is 8.82. The number of urea groups is 1. The first-order valence-electron chi connectivity index (χ1n) is 5.29. The Labute approximate surface area is 88.4 Å². The SMILES string of the molecule is CN(C(=O)NCC1(C(=O)O)CC1)C1CC1. The molecule has 0 aliphatic heterocycles. The van der Waals surface area contributed by atoms with E-state index in [1.54, 1.807) is 11.9 Å². The lowest BCUT2D eigenvalue weighted by Gasteiger charge is -2.18. The van der Waals surface area contributed by atoms with Crippen LogP contribution in [0.4, 0.5) is 4.79 Å². The summed E-state index contributed by atoms with van der Waals surface area (Å²) in [6, 6.07) is 0.218. The van der Waals surface area contributed by atoms with Crippen LogP contribution in [-0.2, 0) is 4.79 Å². The second kappa shape index (κ2) is 3.40. The highest BCUT2D eigenvalue weighted by molar-refractivity contribution is 5.80. The van der Waals surface area contributed by atoms with Crippen molar-refractivity contribution < 1.29 is 14.7 Å². The molecule has 0 aromatic carbocycles. The predicted octanol–water partition coefficient (Wildman–Crippen LogP) is 0.655. The van der Waals surface area contributed by atoms with Crippen molar-refractivity contribution in [2.45, 2.75) is 31.7 Å². The van der Waals surface area contributed by atoms with E-state index >= 15 is 0 Å². The molecule has 0 aromatic rings. The van der Waals surface area contributed by atoms with Gasteiger partial charge < -0.3 is 15.3 Å². The minimum atomic E-state index is -0.795. The molecular weight excluding hydrogens is 196 g/mol. The van der Waals surface area contributed by atoms with Gasteiger partial charge in [0.1, 0.15) is 0 Å². The highest BCUT2D eigenvalue weighted by atomic mass is 16.4. The van der Waals surface area contributed by atoms with E-state index in [9.17, 15) is 9.59 Å². The minimum absolute atomic E-state index is 0.148. The topological polar surface area (TPSA) is 69.6 Å². The molecule has 0 bridgehead atoms. The number of amides is 2. The van der Waals surface area contributed by atoms with Crippen LogP contribution < -0.4 is 5.32 Å². The van der Waals surface area contributed by atoms with Gasteiger partial charge in [-0.1, -0.05) is 0 Å². The molecule has 2 N–H and O–H groups in total. The molecule has 5 heteroatoms. The van der Waals surface area contributed by atoms with Crippen LogP contribution in [0.5, 0.6) is 0 Å². The fourth-order valence-electron chi connectivity index (χ4n) is 1.61. The van der Waals surface area contributed by atoms with E-state index in [1.165, 1.54) is 0 Å². The summed E-state index contributed by atoms with van der Waals surface area (Å²) >= 11 is 0. The third-order valence-electron chi connectivity index (χ3n) is 3.30. The maximum Gasteiger partial charge on any atom is 0.317 e. The van der Waals surface area contributed by atoms with Crippen LogP contribution in [0, 0.1) is 5.41 Å². The molecule has 0 atom stereocenters. The van der Waals surface area contributed by atoms with Gasteiger partial charge in [0.2, 0.25) is 0 Å². The Balaban J connectivity index is 1.77. The molecule has 2 amide bonds. The number of carboxylic acids is 1. The third-order valence-corrected chi connectivity index (χ3v) is 3.30. The normalized spacial score (nSPS) is 21.9. The number of hydrogen-bond acceptors (Lipinski definition) is 2. The highest BCUT2D eigenvalue weighted by Gasteiger charge is 2.50. The summed E-state index contributed by atoms with van der Waals surface area (Å²) in [5, 5.41) is 11.6. The molecule has 0 radical (unpaired) electrons. The van der Waals surface area contributed by atoms with E-state index in [0.29, 0.717) is 18.9 Å². The van der Waals surface area contributed by atoms with Gasteiger partial charge in [0, 0.05) is 19.6 Å². The predicted molar refractivity (Wildman–Crippen MR) is 53.5 cm³/mol. The van der Waals surface area contributed by atoms with Crippen LogP contribution in [0.1, 0.15) is 25.7 Å².